The van der Waals surface area contributed by atoms with Gasteiger partial charge in [0.15, 0.2) is 5.78 Å². The third-order valence-electron chi connectivity index (χ3n) is 4.57. The van der Waals surface area contributed by atoms with Crippen LogP contribution in [-0.4, -0.2) is 46.5 Å². The van der Waals surface area contributed by atoms with E-state index < -0.39 is 11.6 Å². The number of anilines is 1. The monoisotopic (exact) mass is 416 g/mol. The molecule has 1 saturated heterocycles. The number of benzene rings is 1. The number of carboxylic acids is 1. The normalized spacial score (nSPS) is 15.4. The number of rotatable bonds is 7. The number of carbonyl (C=O) groups is 3. The molecule has 1 aliphatic rings. The first kappa shape index (κ1) is 23.1. The average molecular weight is 416 g/mol. The summed E-state index contributed by atoms with van der Waals surface area (Å²) in [7, 11) is 0. The molecule has 2 rings (SSSR count). The third-order valence-corrected chi connectivity index (χ3v) is 4.57. The first-order valence-electron chi connectivity index (χ1n) is 9.76. The maximum atomic E-state index is 12.8. The Hall–Kier alpha value is -3.23. The first-order chi connectivity index (χ1) is 14.1. The summed E-state index contributed by atoms with van der Waals surface area (Å²) in [6, 6.07) is 6.82. The summed E-state index contributed by atoms with van der Waals surface area (Å²) in [5, 5.41) is 14.8. The second-order valence-corrected chi connectivity index (χ2v) is 8.15. The van der Waals surface area contributed by atoms with Crippen molar-refractivity contribution in [3.8, 4) is 0 Å². The van der Waals surface area contributed by atoms with Gasteiger partial charge < -0.3 is 20.1 Å². The van der Waals surface area contributed by atoms with Crippen molar-refractivity contribution in [2.45, 2.75) is 45.6 Å². The van der Waals surface area contributed by atoms with Crippen LogP contribution in [0, 0.1) is 11.4 Å². The second kappa shape index (κ2) is 10.00. The number of likely N-dealkylation sites (tertiary alicyclic amines) is 1. The van der Waals surface area contributed by atoms with Gasteiger partial charge in [-0.2, -0.15) is 5.11 Å². The molecule has 0 atom stereocenters. The van der Waals surface area contributed by atoms with Crippen LogP contribution in [0.5, 0.6) is 0 Å². The largest absolute Gasteiger partial charge is 0.481 e. The van der Waals surface area contributed by atoms with Gasteiger partial charge in [-0.05, 0) is 57.9 Å². The van der Waals surface area contributed by atoms with E-state index in [1.165, 1.54) is 6.20 Å². The number of hydrogen-bond donors (Lipinski definition) is 3. The van der Waals surface area contributed by atoms with E-state index in [0.29, 0.717) is 37.2 Å². The van der Waals surface area contributed by atoms with Crippen molar-refractivity contribution in [3.63, 3.8) is 0 Å². The van der Waals surface area contributed by atoms with Crippen molar-refractivity contribution in [1.82, 2.24) is 4.90 Å². The van der Waals surface area contributed by atoms with E-state index in [4.69, 9.17) is 15.4 Å². The van der Waals surface area contributed by atoms with Crippen LogP contribution in [0.15, 0.2) is 41.3 Å². The molecule has 9 nitrogen and oxygen atoms in total. The molecule has 0 radical (unpaired) electrons. The maximum absolute atomic E-state index is 12.8. The summed E-state index contributed by atoms with van der Waals surface area (Å²) in [4.78, 5) is 37.3. The predicted molar refractivity (Wildman–Crippen MR) is 110 cm³/mol. The van der Waals surface area contributed by atoms with Gasteiger partial charge in [-0.3, -0.25) is 9.59 Å². The smallest absolute Gasteiger partial charge is 0.410 e. The van der Waals surface area contributed by atoms with Crippen LogP contribution in [0.25, 0.3) is 0 Å². The van der Waals surface area contributed by atoms with Crippen molar-refractivity contribution in [2.75, 3.05) is 18.4 Å². The highest BCUT2D eigenvalue weighted by Crippen LogP contribution is 2.24. The van der Waals surface area contributed by atoms with Gasteiger partial charge in [0.05, 0.1) is 12.1 Å². The standard InChI is InChI=1S/C21H28N4O5/c1-21(2,3)30-20(29)25-10-8-15(9-11-25)19(28)14-4-6-16(7-5-14)23-13-17(24-22)12-18(26)27/h4-7,13,15,22-23H,8-12H2,1-3H3,(H,26,27)/b17-13-,24-22?. The topological polar surface area (TPSA) is 132 Å². The van der Waals surface area contributed by atoms with E-state index in [-0.39, 0.29) is 29.9 Å². The van der Waals surface area contributed by atoms with Crippen molar-refractivity contribution < 1.29 is 24.2 Å². The third kappa shape index (κ3) is 6.98. The molecule has 30 heavy (non-hydrogen) atoms. The Kier molecular flexibility index (Phi) is 7.68. The molecule has 1 amide bonds. The summed E-state index contributed by atoms with van der Waals surface area (Å²) in [5.74, 6) is -1.18. The zero-order valence-electron chi connectivity index (χ0n) is 17.5. The van der Waals surface area contributed by atoms with Crippen molar-refractivity contribution >= 4 is 23.5 Å². The number of carboxylic acid groups (broad SMARTS) is 1. The number of amides is 1. The fourth-order valence-corrected chi connectivity index (χ4v) is 3.06. The molecule has 0 bridgehead atoms. The Morgan fingerprint density at radius 3 is 2.33 bits per heavy atom. The number of ketones is 1. The van der Waals surface area contributed by atoms with Gasteiger partial charge in [-0.1, -0.05) is 0 Å². The SMILES string of the molecule is CC(C)(C)OC(=O)N1CCC(C(=O)c2ccc(N/C=C(/CC(=O)O)N=N)cc2)CC1. The van der Waals surface area contributed by atoms with Crippen LogP contribution in [0.3, 0.4) is 0 Å². The lowest BCUT2D eigenvalue weighted by Gasteiger charge is -2.33. The minimum Gasteiger partial charge on any atom is -0.481 e. The quantitative estimate of drug-likeness (QED) is 0.449. The molecule has 1 fully saturated rings. The van der Waals surface area contributed by atoms with E-state index >= 15 is 0 Å². The Morgan fingerprint density at radius 1 is 1.23 bits per heavy atom. The summed E-state index contributed by atoms with van der Waals surface area (Å²) in [6.07, 6.45) is 1.83. The average Bonchev–Trinajstić information content (AvgIpc) is 2.69. The molecule has 1 aromatic rings. The molecule has 0 unspecified atom stereocenters. The predicted octanol–water partition coefficient (Wildman–Crippen LogP) is 4.28. The van der Waals surface area contributed by atoms with Crippen LogP contribution < -0.4 is 5.32 Å². The van der Waals surface area contributed by atoms with Gasteiger partial charge in [0.1, 0.15) is 5.60 Å². The number of Topliss-reactive ketones (excluding diaryl/α,β-unsaturated/α-hetero) is 1. The lowest BCUT2D eigenvalue weighted by atomic mass is 9.89. The fourth-order valence-electron chi connectivity index (χ4n) is 3.06. The summed E-state index contributed by atoms with van der Waals surface area (Å²) in [6.45, 7) is 6.44. The molecule has 1 heterocycles. The van der Waals surface area contributed by atoms with E-state index in [0.717, 1.165) is 0 Å². The van der Waals surface area contributed by atoms with E-state index in [9.17, 15) is 14.4 Å². The van der Waals surface area contributed by atoms with Crippen LogP contribution in [0.1, 0.15) is 50.4 Å². The number of aliphatic carboxylic acids is 1. The van der Waals surface area contributed by atoms with Crippen LogP contribution in [-0.2, 0) is 9.53 Å². The highest BCUT2D eigenvalue weighted by atomic mass is 16.6. The van der Waals surface area contributed by atoms with Crippen molar-refractivity contribution in [1.29, 1.82) is 5.53 Å². The zero-order chi connectivity index (χ0) is 22.3. The number of nitrogens with one attached hydrogen (secondary N) is 2. The van der Waals surface area contributed by atoms with E-state index in [1.807, 2.05) is 20.8 Å². The lowest BCUT2D eigenvalue weighted by molar-refractivity contribution is -0.136. The number of nitrogens with zero attached hydrogens (tertiary/aromatic N) is 2. The van der Waals surface area contributed by atoms with Gasteiger partial charge in [0, 0.05) is 36.5 Å². The van der Waals surface area contributed by atoms with Gasteiger partial charge in [-0.15, -0.1) is 0 Å². The lowest BCUT2D eigenvalue weighted by Crippen LogP contribution is -2.43. The Labute approximate surface area is 175 Å². The minimum atomic E-state index is -1.07. The molecule has 0 aliphatic carbocycles. The fraction of sp³-hybridized carbons (Fsp3) is 0.476. The molecule has 1 aromatic carbocycles. The summed E-state index contributed by atoms with van der Waals surface area (Å²) < 4.78 is 5.38. The number of piperidine rings is 1. The molecule has 0 aromatic heterocycles. The molecule has 3 N–H and O–H groups in total. The molecular weight excluding hydrogens is 388 g/mol. The molecule has 0 saturated carbocycles. The number of ether oxygens (including phenoxy) is 1. The highest BCUT2D eigenvalue weighted by molar-refractivity contribution is 5.98. The summed E-state index contributed by atoms with van der Waals surface area (Å²) >= 11 is 0. The Balaban J connectivity index is 1.91. The van der Waals surface area contributed by atoms with Gasteiger partial charge >= 0.3 is 12.1 Å². The Bertz CT molecular complexity index is 819. The van der Waals surface area contributed by atoms with Gasteiger partial charge in [-0.25, -0.2) is 10.3 Å². The van der Waals surface area contributed by atoms with E-state index in [1.54, 1.807) is 29.2 Å². The zero-order valence-corrected chi connectivity index (χ0v) is 17.5. The molecular formula is C21H28N4O5. The van der Waals surface area contributed by atoms with Crippen molar-refractivity contribution in [3.05, 3.63) is 41.7 Å². The number of hydrogen-bond acceptors (Lipinski definition) is 7. The van der Waals surface area contributed by atoms with Crippen LogP contribution in [0.2, 0.25) is 0 Å². The minimum absolute atomic E-state index is 0.0358. The molecule has 9 heteroatoms. The van der Waals surface area contributed by atoms with Gasteiger partial charge in [0.2, 0.25) is 0 Å². The second-order valence-electron chi connectivity index (χ2n) is 8.15. The highest BCUT2D eigenvalue weighted by Gasteiger charge is 2.30. The molecule has 162 valence electrons. The summed E-state index contributed by atoms with van der Waals surface area (Å²) in [5.41, 5.74) is 7.75. The number of carbonyl (C=O) groups excluding carboxylic acids is 2. The molecule has 0 spiro atoms. The van der Waals surface area contributed by atoms with Crippen LogP contribution in [0.4, 0.5) is 10.5 Å². The first-order valence-corrected chi connectivity index (χ1v) is 9.76. The Morgan fingerprint density at radius 2 is 1.83 bits per heavy atom. The van der Waals surface area contributed by atoms with Crippen molar-refractivity contribution in [2.24, 2.45) is 11.0 Å². The molecule has 1 aliphatic heterocycles. The van der Waals surface area contributed by atoms with Crippen LogP contribution >= 0.6 is 0 Å². The van der Waals surface area contributed by atoms with E-state index in [2.05, 4.69) is 10.4 Å². The maximum Gasteiger partial charge on any atom is 0.410 e. The van der Waals surface area contributed by atoms with Gasteiger partial charge in [0.25, 0.3) is 0 Å².